The van der Waals surface area contributed by atoms with Crippen molar-refractivity contribution in [2.75, 3.05) is 24.3 Å². The molecule has 94 valence electrons. The second-order valence-electron chi connectivity index (χ2n) is 4.65. The minimum Gasteiger partial charge on any atom is -0.388 e. The van der Waals surface area contributed by atoms with Crippen LogP contribution in [0.4, 0.5) is 11.4 Å². The van der Waals surface area contributed by atoms with Gasteiger partial charge in [-0.25, -0.2) is 0 Å². The summed E-state index contributed by atoms with van der Waals surface area (Å²) in [4.78, 5) is 2.27. The molecular weight excluding hydrogens is 220 g/mol. The highest BCUT2D eigenvalue weighted by molar-refractivity contribution is 5.50. The van der Waals surface area contributed by atoms with Gasteiger partial charge in [0.1, 0.15) is 0 Å². The molecule has 0 spiro atoms. The summed E-state index contributed by atoms with van der Waals surface area (Å²) in [5, 5.41) is 3.17. The summed E-state index contributed by atoms with van der Waals surface area (Å²) in [7, 11) is 4.07. The number of anilines is 2. The van der Waals surface area contributed by atoms with Gasteiger partial charge in [-0.15, -0.1) is 0 Å². The van der Waals surface area contributed by atoms with Crippen LogP contribution in [0.25, 0.3) is 0 Å². The minimum absolute atomic E-state index is 0.916. The number of rotatable bonds is 4. The van der Waals surface area contributed by atoms with E-state index >= 15 is 0 Å². The molecule has 18 heavy (non-hydrogen) atoms. The van der Waals surface area contributed by atoms with Crippen LogP contribution >= 0.6 is 0 Å². The molecule has 0 bridgehead atoms. The summed E-state index contributed by atoms with van der Waals surface area (Å²) in [6.07, 6.45) is 0. The topological polar surface area (TPSA) is 15.3 Å². The van der Waals surface area contributed by atoms with Gasteiger partial charge in [0.05, 0.1) is 0 Å². The normalized spacial score (nSPS) is 10.2. The van der Waals surface area contributed by atoms with Crippen molar-refractivity contribution in [2.24, 2.45) is 0 Å². The Balaban J connectivity index is 2.13. The molecule has 0 radical (unpaired) electrons. The lowest BCUT2D eigenvalue weighted by Crippen LogP contribution is -2.16. The summed E-state index contributed by atoms with van der Waals surface area (Å²) in [6, 6.07) is 17.1. The van der Waals surface area contributed by atoms with Gasteiger partial charge in [0.25, 0.3) is 0 Å². The fraction of sp³-hybridized carbons (Fsp3) is 0.250. The molecule has 0 saturated carbocycles. The molecule has 2 heteroatoms. The third-order valence-corrected chi connectivity index (χ3v) is 3.08. The van der Waals surface area contributed by atoms with Gasteiger partial charge in [-0.05, 0) is 42.3 Å². The molecule has 2 aromatic carbocycles. The highest BCUT2D eigenvalue weighted by Gasteiger charge is 2.02. The largest absolute Gasteiger partial charge is 0.388 e. The van der Waals surface area contributed by atoms with E-state index in [2.05, 4.69) is 72.7 Å². The first-order valence-corrected chi connectivity index (χ1v) is 6.23. The van der Waals surface area contributed by atoms with Crippen LogP contribution in [-0.4, -0.2) is 14.1 Å². The van der Waals surface area contributed by atoms with Crippen LogP contribution in [0.3, 0.4) is 0 Å². The Morgan fingerprint density at radius 3 is 2.56 bits per heavy atom. The number of nitrogens with zero attached hydrogens (tertiary/aromatic N) is 1. The Morgan fingerprint density at radius 2 is 1.83 bits per heavy atom. The van der Waals surface area contributed by atoms with Crippen molar-refractivity contribution < 1.29 is 0 Å². The zero-order chi connectivity index (χ0) is 13.0. The minimum atomic E-state index is 0.916. The van der Waals surface area contributed by atoms with E-state index in [9.17, 15) is 0 Å². The van der Waals surface area contributed by atoms with E-state index in [1.165, 1.54) is 16.8 Å². The summed E-state index contributed by atoms with van der Waals surface area (Å²) < 4.78 is 0. The van der Waals surface area contributed by atoms with E-state index in [4.69, 9.17) is 0 Å². The van der Waals surface area contributed by atoms with Crippen LogP contribution < -0.4 is 10.2 Å². The quantitative estimate of drug-likeness (QED) is 0.877. The van der Waals surface area contributed by atoms with Gasteiger partial charge in [-0.2, -0.15) is 0 Å². The van der Waals surface area contributed by atoms with E-state index < -0.39 is 0 Å². The predicted molar refractivity (Wildman–Crippen MR) is 79.3 cm³/mol. The van der Waals surface area contributed by atoms with Crippen LogP contribution in [-0.2, 0) is 6.54 Å². The molecule has 0 saturated heterocycles. The Morgan fingerprint density at radius 1 is 1.06 bits per heavy atom. The fourth-order valence-electron chi connectivity index (χ4n) is 2.06. The number of nitrogens with one attached hydrogen (secondary N) is 1. The third kappa shape index (κ3) is 3.04. The first-order chi connectivity index (χ1) is 8.69. The molecule has 0 fully saturated rings. The van der Waals surface area contributed by atoms with Crippen molar-refractivity contribution in [1.29, 1.82) is 0 Å². The van der Waals surface area contributed by atoms with Crippen molar-refractivity contribution in [3.8, 4) is 0 Å². The van der Waals surface area contributed by atoms with Crippen LogP contribution in [0, 0.1) is 6.92 Å². The van der Waals surface area contributed by atoms with E-state index in [0.717, 1.165) is 12.2 Å². The highest BCUT2D eigenvalue weighted by Crippen LogP contribution is 2.18. The summed E-state index contributed by atoms with van der Waals surface area (Å²) in [6.45, 7) is 3.04. The van der Waals surface area contributed by atoms with Crippen molar-refractivity contribution in [3.05, 3.63) is 59.7 Å². The Labute approximate surface area is 109 Å². The van der Waals surface area contributed by atoms with Gasteiger partial charge in [0, 0.05) is 32.0 Å². The third-order valence-electron chi connectivity index (χ3n) is 3.08. The molecule has 0 atom stereocenters. The van der Waals surface area contributed by atoms with Crippen LogP contribution in [0.5, 0.6) is 0 Å². The second kappa shape index (κ2) is 5.58. The van der Waals surface area contributed by atoms with Gasteiger partial charge in [0.15, 0.2) is 0 Å². The average molecular weight is 240 g/mol. The Kier molecular flexibility index (Phi) is 3.88. The van der Waals surface area contributed by atoms with Crippen molar-refractivity contribution in [1.82, 2.24) is 0 Å². The molecule has 0 aliphatic heterocycles. The maximum Gasteiger partial charge on any atom is 0.0426 e. The molecule has 0 aliphatic carbocycles. The van der Waals surface area contributed by atoms with Gasteiger partial charge in [0.2, 0.25) is 0 Å². The monoisotopic (exact) mass is 240 g/mol. The smallest absolute Gasteiger partial charge is 0.0426 e. The van der Waals surface area contributed by atoms with Gasteiger partial charge in [-0.3, -0.25) is 0 Å². The summed E-state index contributed by atoms with van der Waals surface area (Å²) in [5.74, 6) is 0. The van der Waals surface area contributed by atoms with Crippen LogP contribution in [0.2, 0.25) is 0 Å². The molecule has 0 heterocycles. The predicted octanol–water partition coefficient (Wildman–Crippen LogP) is 3.67. The fourth-order valence-corrected chi connectivity index (χ4v) is 2.06. The Hall–Kier alpha value is -1.96. The molecule has 0 unspecified atom stereocenters. The molecule has 0 aliphatic rings. The first-order valence-electron chi connectivity index (χ1n) is 6.23. The lowest BCUT2D eigenvalue weighted by Gasteiger charge is -2.20. The maximum absolute atomic E-state index is 3.17. The zero-order valence-corrected chi connectivity index (χ0v) is 11.3. The van der Waals surface area contributed by atoms with E-state index in [0.29, 0.717) is 0 Å². The van der Waals surface area contributed by atoms with Crippen molar-refractivity contribution in [2.45, 2.75) is 13.5 Å². The molecule has 2 nitrogen and oxygen atoms in total. The van der Waals surface area contributed by atoms with Crippen LogP contribution in [0.15, 0.2) is 48.5 Å². The van der Waals surface area contributed by atoms with E-state index in [1.54, 1.807) is 0 Å². The van der Waals surface area contributed by atoms with Gasteiger partial charge >= 0.3 is 0 Å². The number of hydrogen-bond donors (Lipinski definition) is 1. The van der Waals surface area contributed by atoms with E-state index in [-0.39, 0.29) is 0 Å². The van der Waals surface area contributed by atoms with Crippen molar-refractivity contribution in [3.63, 3.8) is 0 Å². The molecule has 2 rings (SSSR count). The van der Waals surface area contributed by atoms with Gasteiger partial charge in [-0.1, -0.05) is 24.3 Å². The SMILES string of the molecule is CNc1cccc(CN(C)c2cccc(C)c2)c1. The second-order valence-corrected chi connectivity index (χ2v) is 4.65. The lowest BCUT2D eigenvalue weighted by atomic mass is 10.1. The molecule has 2 aromatic rings. The summed E-state index contributed by atoms with van der Waals surface area (Å²) in [5.41, 5.74) is 5.02. The van der Waals surface area contributed by atoms with Gasteiger partial charge < -0.3 is 10.2 Å². The number of aryl methyl sites for hydroxylation is 1. The van der Waals surface area contributed by atoms with E-state index in [1.807, 2.05) is 7.05 Å². The van der Waals surface area contributed by atoms with Crippen LogP contribution in [0.1, 0.15) is 11.1 Å². The Bertz CT molecular complexity index is 520. The standard InChI is InChI=1S/C16H20N2/c1-13-6-4-9-16(10-13)18(3)12-14-7-5-8-15(11-14)17-2/h4-11,17H,12H2,1-3H3. The zero-order valence-electron chi connectivity index (χ0n) is 11.3. The molecule has 1 N–H and O–H groups in total. The average Bonchev–Trinajstić information content (AvgIpc) is 2.39. The molecular formula is C16H20N2. The highest BCUT2D eigenvalue weighted by atomic mass is 15.1. The molecule has 0 amide bonds. The summed E-state index contributed by atoms with van der Waals surface area (Å²) >= 11 is 0. The lowest BCUT2D eigenvalue weighted by molar-refractivity contribution is 0.922. The number of hydrogen-bond acceptors (Lipinski definition) is 2. The first kappa shape index (κ1) is 12.5. The number of benzene rings is 2. The molecule has 0 aromatic heterocycles. The maximum atomic E-state index is 3.17. The van der Waals surface area contributed by atoms with Crippen molar-refractivity contribution >= 4 is 11.4 Å².